The molecule has 0 unspecified atom stereocenters. The Hall–Kier alpha value is -3.39. The van der Waals surface area contributed by atoms with Gasteiger partial charge in [0.1, 0.15) is 0 Å². The Morgan fingerprint density at radius 3 is 2.44 bits per heavy atom. The van der Waals surface area contributed by atoms with Crippen LogP contribution in [0.25, 0.3) is 0 Å². The standard InChI is InChI=1S/C28H31F3N4O/c29-28(30,31)24-11-4-12-25(19-24)33-27(36)35(21-23-9-5-15-32-20-23)26-13-17-34(18-14-26)16-6-10-22-7-2-1-3-8-22/h1-5,7-9,11-12,15,19-20,26H,6,10,13-14,16-18,21H2,(H,33,36). The molecule has 0 saturated carbocycles. The summed E-state index contributed by atoms with van der Waals surface area (Å²) < 4.78 is 39.4. The summed E-state index contributed by atoms with van der Waals surface area (Å²) in [6.45, 7) is 3.09. The van der Waals surface area contributed by atoms with Crippen LogP contribution in [0.3, 0.4) is 0 Å². The Morgan fingerprint density at radius 1 is 1.00 bits per heavy atom. The van der Waals surface area contributed by atoms with Crippen molar-refractivity contribution in [3.8, 4) is 0 Å². The van der Waals surface area contributed by atoms with Crippen LogP contribution in [0.15, 0.2) is 79.1 Å². The van der Waals surface area contributed by atoms with Crippen molar-refractivity contribution >= 4 is 11.7 Å². The summed E-state index contributed by atoms with van der Waals surface area (Å²) in [6, 6.07) is 18.5. The first-order valence-corrected chi connectivity index (χ1v) is 12.3. The molecule has 0 radical (unpaired) electrons. The fourth-order valence-electron chi connectivity index (χ4n) is 4.63. The number of amides is 2. The number of carbonyl (C=O) groups excluding carboxylic acids is 1. The summed E-state index contributed by atoms with van der Waals surface area (Å²) in [5, 5.41) is 2.69. The number of hydrogen-bond donors (Lipinski definition) is 1. The molecule has 1 fully saturated rings. The van der Waals surface area contributed by atoms with E-state index in [1.54, 1.807) is 17.3 Å². The SMILES string of the molecule is O=C(Nc1cccc(C(F)(F)F)c1)N(Cc1cccnc1)C1CCN(CCCc2ccccc2)CC1. The molecule has 0 aliphatic carbocycles. The molecule has 0 bridgehead atoms. The van der Waals surface area contributed by atoms with Gasteiger partial charge in [-0.15, -0.1) is 0 Å². The molecule has 36 heavy (non-hydrogen) atoms. The van der Waals surface area contributed by atoms with Gasteiger partial charge in [0.25, 0.3) is 0 Å². The lowest BCUT2D eigenvalue weighted by molar-refractivity contribution is -0.137. The molecule has 1 N–H and O–H groups in total. The smallest absolute Gasteiger partial charge is 0.317 e. The molecule has 1 aliphatic rings. The van der Waals surface area contributed by atoms with E-state index in [2.05, 4.69) is 39.5 Å². The van der Waals surface area contributed by atoms with E-state index in [0.717, 1.165) is 63.0 Å². The fourth-order valence-corrected chi connectivity index (χ4v) is 4.63. The maximum Gasteiger partial charge on any atom is 0.416 e. The van der Waals surface area contributed by atoms with E-state index < -0.39 is 17.8 Å². The predicted molar refractivity (Wildman–Crippen MR) is 134 cm³/mol. The number of nitrogens with one attached hydrogen (secondary N) is 1. The van der Waals surface area contributed by atoms with Crippen LogP contribution in [-0.2, 0) is 19.1 Å². The zero-order valence-corrected chi connectivity index (χ0v) is 20.1. The quantitative estimate of drug-likeness (QED) is 0.402. The highest BCUT2D eigenvalue weighted by Gasteiger charge is 2.31. The van der Waals surface area contributed by atoms with Crippen LogP contribution in [0, 0.1) is 0 Å². The zero-order chi connectivity index (χ0) is 25.4. The van der Waals surface area contributed by atoms with Crippen LogP contribution >= 0.6 is 0 Å². The van der Waals surface area contributed by atoms with Gasteiger partial charge < -0.3 is 15.1 Å². The number of hydrogen-bond acceptors (Lipinski definition) is 3. The van der Waals surface area contributed by atoms with Crippen LogP contribution in [0.4, 0.5) is 23.7 Å². The highest BCUT2D eigenvalue weighted by atomic mass is 19.4. The van der Waals surface area contributed by atoms with Crippen LogP contribution in [0.1, 0.15) is 36.0 Å². The van der Waals surface area contributed by atoms with Gasteiger partial charge in [-0.3, -0.25) is 4.98 Å². The Balaban J connectivity index is 1.38. The van der Waals surface area contributed by atoms with E-state index in [4.69, 9.17) is 0 Å². The second-order valence-corrected chi connectivity index (χ2v) is 9.16. The number of aryl methyl sites for hydroxylation is 1. The summed E-state index contributed by atoms with van der Waals surface area (Å²) in [5.41, 5.74) is 1.55. The molecule has 4 rings (SSSR count). The summed E-state index contributed by atoms with van der Waals surface area (Å²) in [7, 11) is 0. The summed E-state index contributed by atoms with van der Waals surface area (Å²) in [5.74, 6) is 0. The molecule has 190 valence electrons. The van der Waals surface area contributed by atoms with Gasteiger partial charge in [0.15, 0.2) is 0 Å². The first-order valence-electron chi connectivity index (χ1n) is 12.3. The minimum Gasteiger partial charge on any atom is -0.317 e. The Kier molecular flexibility index (Phi) is 8.59. The third-order valence-electron chi connectivity index (χ3n) is 6.56. The highest BCUT2D eigenvalue weighted by Crippen LogP contribution is 2.31. The molecule has 3 aromatic rings. The highest BCUT2D eigenvalue weighted by molar-refractivity contribution is 5.89. The molecule has 1 saturated heterocycles. The number of pyridine rings is 1. The predicted octanol–water partition coefficient (Wildman–Crippen LogP) is 6.23. The van der Waals surface area contributed by atoms with E-state index in [-0.39, 0.29) is 11.7 Å². The van der Waals surface area contributed by atoms with Gasteiger partial charge in [-0.05, 0) is 67.6 Å². The monoisotopic (exact) mass is 496 g/mol. The van der Waals surface area contributed by atoms with E-state index in [0.29, 0.717) is 6.54 Å². The van der Waals surface area contributed by atoms with Gasteiger partial charge in [-0.2, -0.15) is 13.2 Å². The number of alkyl halides is 3. The van der Waals surface area contributed by atoms with Gasteiger partial charge in [0, 0.05) is 43.8 Å². The average Bonchev–Trinajstić information content (AvgIpc) is 2.89. The molecular formula is C28H31F3N4O. The topological polar surface area (TPSA) is 48.5 Å². The maximum absolute atomic E-state index is 13.3. The van der Waals surface area contributed by atoms with Gasteiger partial charge >= 0.3 is 12.2 Å². The average molecular weight is 497 g/mol. The van der Waals surface area contributed by atoms with Crippen molar-refractivity contribution in [3.05, 3.63) is 95.8 Å². The number of urea groups is 1. The van der Waals surface area contributed by atoms with Crippen molar-refractivity contribution in [3.63, 3.8) is 0 Å². The van der Waals surface area contributed by atoms with Gasteiger partial charge in [0.05, 0.1) is 5.56 Å². The van der Waals surface area contributed by atoms with E-state index in [1.165, 1.54) is 17.7 Å². The minimum atomic E-state index is -4.47. The van der Waals surface area contributed by atoms with Crippen molar-refractivity contribution in [2.45, 2.75) is 44.4 Å². The molecule has 2 amide bonds. The van der Waals surface area contributed by atoms with Crippen LogP contribution in [0.5, 0.6) is 0 Å². The lowest BCUT2D eigenvalue weighted by Crippen LogP contribution is -2.48. The number of anilines is 1. The largest absolute Gasteiger partial charge is 0.416 e. The number of aromatic nitrogens is 1. The molecule has 2 heterocycles. The van der Waals surface area contributed by atoms with Crippen molar-refractivity contribution < 1.29 is 18.0 Å². The Morgan fingerprint density at radius 2 is 1.75 bits per heavy atom. The normalized spacial score (nSPS) is 15.0. The van der Waals surface area contributed by atoms with Gasteiger partial charge in [-0.1, -0.05) is 42.5 Å². The Labute approximate surface area is 210 Å². The fraction of sp³-hybridized carbons (Fsp3) is 0.357. The van der Waals surface area contributed by atoms with E-state index >= 15 is 0 Å². The van der Waals surface area contributed by atoms with Crippen LogP contribution < -0.4 is 5.32 Å². The first kappa shape index (κ1) is 25.7. The lowest BCUT2D eigenvalue weighted by Gasteiger charge is -2.38. The van der Waals surface area contributed by atoms with E-state index in [1.807, 2.05) is 18.2 Å². The summed E-state index contributed by atoms with van der Waals surface area (Å²) in [4.78, 5) is 21.6. The second-order valence-electron chi connectivity index (χ2n) is 9.16. The molecule has 5 nitrogen and oxygen atoms in total. The van der Waals surface area contributed by atoms with Crippen LogP contribution in [0.2, 0.25) is 0 Å². The minimum absolute atomic E-state index is 0.0126. The van der Waals surface area contributed by atoms with Gasteiger partial charge in [-0.25, -0.2) is 4.79 Å². The lowest BCUT2D eigenvalue weighted by atomic mass is 10.0. The third-order valence-corrected chi connectivity index (χ3v) is 6.56. The van der Waals surface area contributed by atoms with Crippen molar-refractivity contribution in [2.24, 2.45) is 0 Å². The number of benzene rings is 2. The second kappa shape index (κ2) is 12.0. The molecular weight excluding hydrogens is 465 g/mol. The van der Waals surface area contributed by atoms with Crippen molar-refractivity contribution in [1.82, 2.24) is 14.8 Å². The van der Waals surface area contributed by atoms with E-state index in [9.17, 15) is 18.0 Å². The van der Waals surface area contributed by atoms with Gasteiger partial charge in [0.2, 0.25) is 0 Å². The molecule has 1 aliphatic heterocycles. The maximum atomic E-state index is 13.3. The number of rotatable bonds is 8. The zero-order valence-electron chi connectivity index (χ0n) is 20.1. The number of carbonyl (C=O) groups is 1. The van der Waals surface area contributed by atoms with Crippen molar-refractivity contribution in [2.75, 3.05) is 25.0 Å². The van der Waals surface area contributed by atoms with Crippen molar-refractivity contribution in [1.29, 1.82) is 0 Å². The summed E-state index contributed by atoms with van der Waals surface area (Å²) in [6.07, 6.45) is 2.64. The Bertz CT molecular complexity index is 1100. The molecule has 1 aromatic heterocycles. The molecule has 2 aromatic carbocycles. The number of likely N-dealkylation sites (tertiary alicyclic amines) is 1. The summed E-state index contributed by atoms with van der Waals surface area (Å²) >= 11 is 0. The number of halogens is 3. The molecule has 0 atom stereocenters. The number of nitrogens with zero attached hydrogens (tertiary/aromatic N) is 3. The third kappa shape index (κ3) is 7.31. The van der Waals surface area contributed by atoms with Crippen LogP contribution in [-0.4, -0.2) is 46.5 Å². The first-order chi connectivity index (χ1) is 17.4. The number of piperidine rings is 1. The molecule has 0 spiro atoms. The molecule has 8 heteroatoms.